The van der Waals surface area contributed by atoms with Gasteiger partial charge in [0, 0.05) is 26.4 Å². The fourth-order valence-electron chi connectivity index (χ4n) is 1.85. The van der Waals surface area contributed by atoms with Crippen LogP contribution in [0.3, 0.4) is 0 Å². The zero-order valence-electron chi connectivity index (χ0n) is 10.6. The van der Waals surface area contributed by atoms with Crippen LogP contribution in [0.25, 0.3) is 0 Å². The number of ether oxygens (including phenoxy) is 1. The maximum Gasteiger partial charge on any atom is 0.0716 e. The minimum absolute atomic E-state index is 0.654. The third-order valence-corrected chi connectivity index (χ3v) is 2.77. The second-order valence-corrected chi connectivity index (χ2v) is 4.13. The van der Waals surface area contributed by atoms with Gasteiger partial charge in [0.15, 0.2) is 0 Å². The average molecular weight is 242 g/mol. The smallest absolute Gasteiger partial charge is 0.0716 e. The van der Waals surface area contributed by atoms with Crippen molar-refractivity contribution in [2.75, 3.05) is 7.11 Å². The molecule has 0 aliphatic heterocycles. The Balaban J connectivity index is 1.90. The van der Waals surface area contributed by atoms with E-state index in [1.165, 1.54) is 11.1 Å². The van der Waals surface area contributed by atoms with Gasteiger partial charge in [-0.3, -0.25) is 4.98 Å². The van der Waals surface area contributed by atoms with Gasteiger partial charge in [-0.05, 0) is 23.3 Å². The van der Waals surface area contributed by atoms with E-state index >= 15 is 0 Å². The summed E-state index contributed by atoms with van der Waals surface area (Å²) in [6.07, 6.45) is 1.82. The summed E-state index contributed by atoms with van der Waals surface area (Å²) < 4.78 is 5.19. The van der Waals surface area contributed by atoms with Crippen LogP contribution < -0.4 is 5.32 Å². The summed E-state index contributed by atoms with van der Waals surface area (Å²) in [5, 5.41) is 3.40. The van der Waals surface area contributed by atoms with Crippen LogP contribution >= 0.6 is 0 Å². The molecule has 18 heavy (non-hydrogen) atoms. The van der Waals surface area contributed by atoms with Gasteiger partial charge < -0.3 is 10.1 Å². The van der Waals surface area contributed by atoms with E-state index in [0.29, 0.717) is 6.61 Å². The molecule has 1 N–H and O–H groups in total. The van der Waals surface area contributed by atoms with E-state index in [-0.39, 0.29) is 0 Å². The summed E-state index contributed by atoms with van der Waals surface area (Å²) in [7, 11) is 1.72. The van der Waals surface area contributed by atoms with E-state index in [0.717, 1.165) is 18.8 Å². The molecule has 0 fully saturated rings. The summed E-state index contributed by atoms with van der Waals surface area (Å²) in [5.41, 5.74) is 3.56. The van der Waals surface area contributed by atoms with Crippen molar-refractivity contribution in [1.82, 2.24) is 10.3 Å². The van der Waals surface area contributed by atoms with Gasteiger partial charge in [0.05, 0.1) is 12.3 Å². The number of rotatable bonds is 6. The first-order chi connectivity index (χ1) is 8.90. The Morgan fingerprint density at radius 2 is 1.78 bits per heavy atom. The van der Waals surface area contributed by atoms with Crippen LogP contribution in [0.5, 0.6) is 0 Å². The highest BCUT2D eigenvalue weighted by Crippen LogP contribution is 2.09. The largest absolute Gasteiger partial charge is 0.380 e. The van der Waals surface area contributed by atoms with Crippen molar-refractivity contribution in [3.8, 4) is 0 Å². The maximum absolute atomic E-state index is 5.19. The molecule has 0 saturated carbocycles. The second-order valence-electron chi connectivity index (χ2n) is 4.13. The van der Waals surface area contributed by atoms with Crippen molar-refractivity contribution in [3.05, 3.63) is 65.5 Å². The van der Waals surface area contributed by atoms with Crippen molar-refractivity contribution in [2.24, 2.45) is 0 Å². The first-order valence-electron chi connectivity index (χ1n) is 6.06. The standard InChI is InChI=1S/C15H18N2O/c1-18-12-14-7-3-2-6-13(14)10-16-11-15-8-4-5-9-17-15/h2-9,16H,10-12H2,1H3. The summed E-state index contributed by atoms with van der Waals surface area (Å²) in [4.78, 5) is 4.28. The molecule has 0 amide bonds. The second kappa shape index (κ2) is 6.89. The molecule has 0 bridgehead atoms. The molecule has 2 rings (SSSR count). The molecule has 0 unspecified atom stereocenters. The summed E-state index contributed by atoms with van der Waals surface area (Å²) in [6, 6.07) is 14.3. The third kappa shape index (κ3) is 3.65. The van der Waals surface area contributed by atoms with E-state index in [9.17, 15) is 0 Å². The molecular formula is C15H18N2O. The van der Waals surface area contributed by atoms with Gasteiger partial charge in [0.1, 0.15) is 0 Å². The average Bonchev–Trinajstić information content (AvgIpc) is 2.42. The summed E-state index contributed by atoms with van der Waals surface area (Å²) in [5.74, 6) is 0. The molecule has 1 heterocycles. The number of hydrogen-bond acceptors (Lipinski definition) is 3. The molecule has 0 aliphatic rings. The van der Waals surface area contributed by atoms with Crippen molar-refractivity contribution in [2.45, 2.75) is 19.7 Å². The molecule has 3 heteroatoms. The molecule has 0 spiro atoms. The Morgan fingerprint density at radius 3 is 2.50 bits per heavy atom. The number of pyridine rings is 1. The van der Waals surface area contributed by atoms with Gasteiger partial charge in [-0.2, -0.15) is 0 Å². The van der Waals surface area contributed by atoms with Crippen LogP contribution in [0.4, 0.5) is 0 Å². The molecule has 1 aromatic heterocycles. The Morgan fingerprint density at radius 1 is 1.00 bits per heavy atom. The lowest BCUT2D eigenvalue weighted by atomic mass is 10.1. The van der Waals surface area contributed by atoms with E-state index in [2.05, 4.69) is 28.5 Å². The zero-order chi connectivity index (χ0) is 12.6. The first-order valence-corrected chi connectivity index (χ1v) is 6.06. The van der Waals surface area contributed by atoms with Crippen LogP contribution in [0.15, 0.2) is 48.7 Å². The van der Waals surface area contributed by atoms with Gasteiger partial charge >= 0.3 is 0 Å². The quantitative estimate of drug-likeness (QED) is 0.845. The fraction of sp³-hybridized carbons (Fsp3) is 0.267. The van der Waals surface area contributed by atoms with E-state index in [1.807, 2.05) is 30.5 Å². The molecular weight excluding hydrogens is 224 g/mol. The number of benzene rings is 1. The van der Waals surface area contributed by atoms with E-state index in [1.54, 1.807) is 7.11 Å². The van der Waals surface area contributed by atoms with Crippen molar-refractivity contribution in [1.29, 1.82) is 0 Å². The molecule has 0 saturated heterocycles. The fourth-order valence-corrected chi connectivity index (χ4v) is 1.85. The van der Waals surface area contributed by atoms with Crippen LogP contribution in [0.1, 0.15) is 16.8 Å². The van der Waals surface area contributed by atoms with Gasteiger partial charge in [-0.25, -0.2) is 0 Å². The highest BCUT2D eigenvalue weighted by Gasteiger charge is 2.01. The molecule has 0 radical (unpaired) electrons. The Hall–Kier alpha value is -1.71. The summed E-state index contributed by atoms with van der Waals surface area (Å²) in [6.45, 7) is 2.26. The Labute approximate surface area is 108 Å². The van der Waals surface area contributed by atoms with Crippen LogP contribution in [0, 0.1) is 0 Å². The van der Waals surface area contributed by atoms with Crippen molar-refractivity contribution >= 4 is 0 Å². The topological polar surface area (TPSA) is 34.1 Å². The predicted molar refractivity (Wildman–Crippen MR) is 71.9 cm³/mol. The minimum Gasteiger partial charge on any atom is -0.380 e. The molecule has 0 aliphatic carbocycles. The van der Waals surface area contributed by atoms with Crippen LogP contribution in [-0.2, 0) is 24.4 Å². The first kappa shape index (κ1) is 12.7. The predicted octanol–water partition coefficient (Wildman–Crippen LogP) is 2.52. The maximum atomic E-state index is 5.19. The lowest BCUT2D eigenvalue weighted by molar-refractivity contribution is 0.184. The Kier molecular flexibility index (Phi) is 4.88. The van der Waals surface area contributed by atoms with E-state index in [4.69, 9.17) is 4.74 Å². The van der Waals surface area contributed by atoms with Crippen LogP contribution in [0.2, 0.25) is 0 Å². The molecule has 94 valence electrons. The number of methoxy groups -OCH3 is 1. The number of nitrogens with one attached hydrogen (secondary N) is 1. The normalized spacial score (nSPS) is 10.5. The third-order valence-electron chi connectivity index (χ3n) is 2.77. The number of aromatic nitrogens is 1. The van der Waals surface area contributed by atoms with Gasteiger partial charge in [-0.15, -0.1) is 0 Å². The monoisotopic (exact) mass is 242 g/mol. The summed E-state index contributed by atoms with van der Waals surface area (Å²) >= 11 is 0. The molecule has 0 atom stereocenters. The lowest BCUT2D eigenvalue weighted by Crippen LogP contribution is -2.14. The van der Waals surface area contributed by atoms with Gasteiger partial charge in [0.2, 0.25) is 0 Å². The molecule has 3 nitrogen and oxygen atoms in total. The van der Waals surface area contributed by atoms with Crippen molar-refractivity contribution in [3.63, 3.8) is 0 Å². The van der Waals surface area contributed by atoms with Gasteiger partial charge in [0.25, 0.3) is 0 Å². The zero-order valence-corrected chi connectivity index (χ0v) is 10.6. The number of nitrogens with zero attached hydrogens (tertiary/aromatic N) is 1. The minimum atomic E-state index is 0.654. The SMILES string of the molecule is COCc1ccccc1CNCc1ccccn1. The van der Waals surface area contributed by atoms with Crippen LogP contribution in [-0.4, -0.2) is 12.1 Å². The van der Waals surface area contributed by atoms with Gasteiger partial charge in [-0.1, -0.05) is 30.3 Å². The molecule has 2 aromatic rings. The van der Waals surface area contributed by atoms with E-state index < -0.39 is 0 Å². The molecule has 1 aromatic carbocycles. The highest BCUT2D eigenvalue weighted by atomic mass is 16.5. The number of hydrogen-bond donors (Lipinski definition) is 1. The Bertz CT molecular complexity index is 471. The van der Waals surface area contributed by atoms with Crippen molar-refractivity contribution < 1.29 is 4.74 Å². The highest BCUT2D eigenvalue weighted by molar-refractivity contribution is 5.26. The lowest BCUT2D eigenvalue weighted by Gasteiger charge is -2.09.